The number of nitrogens with zero attached hydrogens (tertiary/aromatic N) is 1. The summed E-state index contributed by atoms with van der Waals surface area (Å²) in [6, 6.07) is 6.71. The van der Waals surface area contributed by atoms with Gasteiger partial charge in [-0.25, -0.2) is 4.39 Å². The van der Waals surface area contributed by atoms with Crippen molar-refractivity contribution in [3.05, 3.63) is 35.6 Å². The number of carbonyl (C=O) groups excluding carboxylic acids is 1. The highest BCUT2D eigenvalue weighted by atomic mass is 35.5. The van der Waals surface area contributed by atoms with E-state index < -0.39 is 5.41 Å². The molecule has 2 N–H and O–H groups in total. The number of likely N-dealkylation sites (tertiary alicyclic amines) is 1. The number of piperidine rings is 1. The van der Waals surface area contributed by atoms with Crippen molar-refractivity contribution in [1.29, 1.82) is 0 Å². The molecule has 1 saturated heterocycles. The van der Waals surface area contributed by atoms with Gasteiger partial charge in [-0.1, -0.05) is 45.2 Å². The maximum Gasteiger partial charge on any atom is 0.233 e. The van der Waals surface area contributed by atoms with Crippen LogP contribution in [0.2, 0.25) is 0 Å². The third-order valence-corrected chi connectivity index (χ3v) is 6.11. The maximum atomic E-state index is 13.5. The van der Waals surface area contributed by atoms with Gasteiger partial charge in [-0.15, -0.1) is 12.4 Å². The van der Waals surface area contributed by atoms with E-state index in [1.54, 1.807) is 12.1 Å². The van der Waals surface area contributed by atoms with Crippen LogP contribution in [0, 0.1) is 11.2 Å². The molecule has 1 aliphatic carbocycles. The quantitative estimate of drug-likeness (QED) is 0.856. The largest absolute Gasteiger partial charge is 0.341 e. The lowest BCUT2D eigenvalue weighted by Gasteiger charge is -2.47. The van der Waals surface area contributed by atoms with Crippen LogP contribution in [0.5, 0.6) is 0 Å². The first-order valence-corrected chi connectivity index (χ1v) is 9.16. The highest BCUT2D eigenvalue weighted by Gasteiger charge is 2.46. The van der Waals surface area contributed by atoms with Gasteiger partial charge >= 0.3 is 0 Å². The monoisotopic (exact) mass is 368 g/mol. The Kier molecular flexibility index (Phi) is 6.16. The van der Waals surface area contributed by atoms with Gasteiger partial charge in [0, 0.05) is 19.1 Å². The van der Waals surface area contributed by atoms with Gasteiger partial charge < -0.3 is 10.6 Å². The molecular weight excluding hydrogens is 339 g/mol. The molecule has 1 unspecified atom stereocenters. The Labute approximate surface area is 156 Å². The first-order chi connectivity index (χ1) is 11.3. The zero-order chi connectivity index (χ0) is 17.4. The number of carbonyl (C=O) groups is 1. The highest BCUT2D eigenvalue weighted by Crippen LogP contribution is 2.42. The summed E-state index contributed by atoms with van der Waals surface area (Å²) >= 11 is 0. The number of benzene rings is 1. The minimum atomic E-state index is -0.483. The predicted octanol–water partition coefficient (Wildman–Crippen LogP) is 4.04. The summed E-state index contributed by atoms with van der Waals surface area (Å²) in [6.45, 7) is 5.72. The van der Waals surface area contributed by atoms with Gasteiger partial charge in [-0.05, 0) is 42.4 Å². The number of rotatable bonds is 2. The lowest BCUT2D eigenvalue weighted by molar-refractivity contribution is -0.142. The van der Waals surface area contributed by atoms with E-state index in [2.05, 4.69) is 13.8 Å². The Balaban J connectivity index is 0.00000225. The standard InChI is InChI=1S/C20H29FN2O.ClH/c1-19(2)14-23(13-10-17(19)22)18(24)20(11-4-3-5-12-20)15-6-8-16(21)9-7-15;/h6-9,17H,3-5,10-14,22H2,1-2H3;1H. The van der Waals surface area contributed by atoms with E-state index in [-0.39, 0.29) is 35.6 Å². The Morgan fingerprint density at radius 1 is 1.16 bits per heavy atom. The molecule has 25 heavy (non-hydrogen) atoms. The first-order valence-electron chi connectivity index (χ1n) is 9.16. The minimum absolute atomic E-state index is 0. The summed E-state index contributed by atoms with van der Waals surface area (Å²) in [5, 5.41) is 0. The molecule has 2 aliphatic rings. The lowest BCUT2D eigenvalue weighted by atomic mass is 9.67. The molecule has 0 radical (unpaired) electrons. The summed E-state index contributed by atoms with van der Waals surface area (Å²) in [6.07, 6.45) is 5.85. The average molecular weight is 369 g/mol. The molecule has 1 aromatic carbocycles. The predicted molar refractivity (Wildman–Crippen MR) is 101 cm³/mol. The van der Waals surface area contributed by atoms with Gasteiger partial charge in [0.15, 0.2) is 0 Å². The number of halogens is 2. The molecule has 1 aromatic rings. The fourth-order valence-electron chi connectivity index (χ4n) is 4.40. The lowest BCUT2D eigenvalue weighted by Crippen LogP contribution is -2.58. The second-order valence-corrected chi connectivity index (χ2v) is 8.26. The third-order valence-electron chi connectivity index (χ3n) is 6.11. The average Bonchev–Trinajstić information content (AvgIpc) is 2.58. The molecule has 0 spiro atoms. The van der Waals surface area contributed by atoms with E-state index in [9.17, 15) is 9.18 Å². The molecule has 5 heteroatoms. The topological polar surface area (TPSA) is 46.3 Å². The van der Waals surface area contributed by atoms with Gasteiger partial charge in [-0.3, -0.25) is 4.79 Å². The highest BCUT2D eigenvalue weighted by molar-refractivity contribution is 5.88. The van der Waals surface area contributed by atoms with E-state index in [1.165, 1.54) is 18.6 Å². The van der Waals surface area contributed by atoms with Gasteiger partial charge in [-0.2, -0.15) is 0 Å². The molecule has 1 amide bonds. The van der Waals surface area contributed by atoms with Crippen molar-refractivity contribution in [2.75, 3.05) is 13.1 Å². The van der Waals surface area contributed by atoms with Crippen molar-refractivity contribution in [3.63, 3.8) is 0 Å². The summed E-state index contributed by atoms with van der Waals surface area (Å²) in [7, 11) is 0. The van der Waals surface area contributed by atoms with Crippen LogP contribution in [0.4, 0.5) is 4.39 Å². The summed E-state index contributed by atoms with van der Waals surface area (Å²) < 4.78 is 13.4. The van der Waals surface area contributed by atoms with Crippen LogP contribution in [0.3, 0.4) is 0 Å². The van der Waals surface area contributed by atoms with Crippen molar-refractivity contribution in [2.24, 2.45) is 11.1 Å². The van der Waals surface area contributed by atoms with Crippen molar-refractivity contribution < 1.29 is 9.18 Å². The smallest absolute Gasteiger partial charge is 0.233 e. The zero-order valence-corrected chi connectivity index (χ0v) is 16.1. The summed E-state index contributed by atoms with van der Waals surface area (Å²) in [5.41, 5.74) is 6.66. The van der Waals surface area contributed by atoms with Gasteiger partial charge in [0.1, 0.15) is 5.82 Å². The molecule has 1 aliphatic heterocycles. The van der Waals surface area contributed by atoms with Crippen LogP contribution in [-0.4, -0.2) is 29.9 Å². The van der Waals surface area contributed by atoms with Crippen LogP contribution >= 0.6 is 12.4 Å². The summed E-state index contributed by atoms with van der Waals surface area (Å²) in [4.78, 5) is 15.6. The van der Waals surface area contributed by atoms with Crippen molar-refractivity contribution >= 4 is 18.3 Å². The van der Waals surface area contributed by atoms with E-state index in [0.29, 0.717) is 6.54 Å². The SMILES string of the molecule is CC1(C)CN(C(=O)C2(c3ccc(F)cc3)CCCCC2)CCC1N.Cl. The molecule has 0 bridgehead atoms. The van der Waals surface area contributed by atoms with E-state index in [4.69, 9.17) is 5.73 Å². The fraction of sp³-hybridized carbons (Fsp3) is 0.650. The third kappa shape index (κ3) is 3.85. The first kappa shape index (κ1) is 20.2. The number of nitrogens with two attached hydrogens (primary N) is 1. The Morgan fingerprint density at radius 3 is 2.32 bits per heavy atom. The van der Waals surface area contributed by atoms with Crippen LogP contribution in [-0.2, 0) is 10.2 Å². The summed E-state index contributed by atoms with van der Waals surface area (Å²) in [5.74, 6) is -0.0315. The van der Waals surface area contributed by atoms with E-state index in [0.717, 1.165) is 44.2 Å². The van der Waals surface area contributed by atoms with Crippen molar-refractivity contribution in [3.8, 4) is 0 Å². The molecule has 140 valence electrons. The zero-order valence-electron chi connectivity index (χ0n) is 15.3. The van der Waals surface area contributed by atoms with E-state index in [1.807, 2.05) is 4.90 Å². The molecule has 1 atom stereocenters. The van der Waals surface area contributed by atoms with Crippen LogP contribution in [0.15, 0.2) is 24.3 Å². The molecule has 3 nitrogen and oxygen atoms in total. The van der Waals surface area contributed by atoms with Crippen molar-refractivity contribution in [2.45, 2.75) is 63.8 Å². The molecule has 2 fully saturated rings. The van der Waals surface area contributed by atoms with Crippen LogP contribution in [0.1, 0.15) is 57.9 Å². The second-order valence-electron chi connectivity index (χ2n) is 8.26. The normalized spacial score (nSPS) is 25.1. The van der Waals surface area contributed by atoms with E-state index >= 15 is 0 Å². The number of amides is 1. The number of hydrogen-bond donors (Lipinski definition) is 1. The molecule has 3 rings (SSSR count). The Bertz CT molecular complexity index is 596. The van der Waals surface area contributed by atoms with Crippen LogP contribution in [0.25, 0.3) is 0 Å². The fourth-order valence-corrected chi connectivity index (χ4v) is 4.40. The Hall–Kier alpha value is -1.13. The minimum Gasteiger partial charge on any atom is -0.341 e. The molecular formula is C20H30ClFN2O. The second kappa shape index (κ2) is 7.63. The maximum absolute atomic E-state index is 13.5. The number of hydrogen-bond acceptors (Lipinski definition) is 2. The molecule has 1 saturated carbocycles. The molecule has 0 aromatic heterocycles. The van der Waals surface area contributed by atoms with Gasteiger partial charge in [0.05, 0.1) is 5.41 Å². The van der Waals surface area contributed by atoms with Crippen LogP contribution < -0.4 is 5.73 Å². The molecule has 1 heterocycles. The van der Waals surface area contributed by atoms with Gasteiger partial charge in [0.2, 0.25) is 5.91 Å². The van der Waals surface area contributed by atoms with Crippen molar-refractivity contribution in [1.82, 2.24) is 4.90 Å². The van der Waals surface area contributed by atoms with Gasteiger partial charge in [0.25, 0.3) is 0 Å². The Morgan fingerprint density at radius 2 is 1.76 bits per heavy atom.